The van der Waals surface area contributed by atoms with Gasteiger partial charge in [0.05, 0.1) is 19.8 Å². The van der Waals surface area contributed by atoms with E-state index in [9.17, 15) is 9.59 Å². The first-order valence-corrected chi connectivity index (χ1v) is 11.6. The number of aryl methyl sites for hydroxylation is 2. The van der Waals surface area contributed by atoms with Crippen molar-refractivity contribution in [2.75, 3.05) is 50.9 Å². The van der Waals surface area contributed by atoms with E-state index in [1.54, 1.807) is 7.05 Å². The summed E-state index contributed by atoms with van der Waals surface area (Å²) < 4.78 is 15.8. The molecule has 3 aromatic rings. The predicted molar refractivity (Wildman–Crippen MR) is 126 cm³/mol. The number of hydrogen-bond donors (Lipinski definition) is 0. The molecule has 5 rings (SSSR count). The highest BCUT2D eigenvalue weighted by Crippen LogP contribution is 2.31. The van der Waals surface area contributed by atoms with Gasteiger partial charge in [-0.15, -0.1) is 0 Å². The van der Waals surface area contributed by atoms with Crippen LogP contribution in [0.3, 0.4) is 0 Å². The van der Waals surface area contributed by atoms with Gasteiger partial charge in [-0.2, -0.15) is 4.98 Å². The summed E-state index contributed by atoms with van der Waals surface area (Å²) in [6.45, 7) is 8.05. The minimum absolute atomic E-state index is 0.270. The molecule has 1 aromatic carbocycles. The molecule has 0 spiro atoms. The summed E-state index contributed by atoms with van der Waals surface area (Å²) in [5, 5.41) is 0. The van der Waals surface area contributed by atoms with E-state index < -0.39 is 0 Å². The minimum Gasteiger partial charge on any atom is -0.494 e. The maximum Gasteiger partial charge on any atom is 0.332 e. The predicted octanol–water partition coefficient (Wildman–Crippen LogP) is 1.17. The van der Waals surface area contributed by atoms with Crippen molar-refractivity contribution in [3.05, 3.63) is 45.1 Å². The van der Waals surface area contributed by atoms with Crippen LogP contribution in [0, 0.1) is 0 Å². The first kappa shape index (κ1) is 21.7. The second-order valence-electron chi connectivity index (χ2n) is 8.42. The number of nitrogens with zero attached hydrogens (tertiary/aromatic N) is 6. The molecule has 0 radical (unpaired) electrons. The van der Waals surface area contributed by atoms with Crippen molar-refractivity contribution in [2.45, 2.75) is 26.4 Å². The number of hydrogen-bond acceptors (Lipinski definition) is 7. The van der Waals surface area contributed by atoms with E-state index in [1.807, 2.05) is 35.8 Å². The summed E-state index contributed by atoms with van der Waals surface area (Å²) in [5.41, 5.74) is 1.30. The highest BCUT2D eigenvalue weighted by Gasteiger charge is 2.27. The molecule has 0 bridgehead atoms. The second kappa shape index (κ2) is 9.03. The van der Waals surface area contributed by atoms with E-state index in [0.29, 0.717) is 56.6 Å². The number of benzene rings is 1. The number of imidazole rings is 1. The van der Waals surface area contributed by atoms with E-state index in [4.69, 9.17) is 14.5 Å². The molecule has 0 atom stereocenters. The Kier molecular flexibility index (Phi) is 5.94. The summed E-state index contributed by atoms with van der Waals surface area (Å²) in [6.07, 6.45) is 0.877. The molecule has 176 valence electrons. The molecular formula is C23H30N6O4. The van der Waals surface area contributed by atoms with Crippen LogP contribution in [0.15, 0.2) is 33.9 Å². The Morgan fingerprint density at radius 1 is 1.03 bits per heavy atom. The first-order chi connectivity index (χ1) is 16.1. The summed E-state index contributed by atoms with van der Waals surface area (Å²) in [5.74, 6) is 1.51. The lowest BCUT2D eigenvalue weighted by atomic mass is 10.2. The Labute approximate surface area is 191 Å². The monoisotopic (exact) mass is 454 g/mol. The lowest BCUT2D eigenvalue weighted by Gasteiger charge is -2.29. The number of ether oxygens (including phenoxy) is 2. The van der Waals surface area contributed by atoms with Crippen molar-refractivity contribution in [2.24, 2.45) is 7.05 Å². The van der Waals surface area contributed by atoms with Gasteiger partial charge in [0.25, 0.3) is 5.56 Å². The summed E-state index contributed by atoms with van der Waals surface area (Å²) in [7, 11) is 1.69. The average molecular weight is 455 g/mol. The third-order valence-electron chi connectivity index (χ3n) is 6.42. The van der Waals surface area contributed by atoms with Gasteiger partial charge in [-0.25, -0.2) is 4.79 Å². The van der Waals surface area contributed by atoms with E-state index >= 15 is 0 Å². The number of fused-ring (bicyclic) bond motifs is 3. The van der Waals surface area contributed by atoms with Crippen molar-refractivity contribution in [3.63, 3.8) is 0 Å². The maximum atomic E-state index is 13.5. The fraction of sp³-hybridized carbons (Fsp3) is 0.522. The van der Waals surface area contributed by atoms with Crippen molar-refractivity contribution in [1.29, 1.82) is 0 Å². The molecule has 2 aliphatic heterocycles. The molecule has 0 saturated carbocycles. The fourth-order valence-corrected chi connectivity index (χ4v) is 4.66. The fourth-order valence-electron chi connectivity index (χ4n) is 4.66. The third kappa shape index (κ3) is 3.93. The molecule has 1 fully saturated rings. The molecule has 10 heteroatoms. The molecule has 2 aromatic heterocycles. The molecule has 10 nitrogen and oxygen atoms in total. The van der Waals surface area contributed by atoms with Gasteiger partial charge in [0.15, 0.2) is 11.2 Å². The standard InChI is InChI=1S/C23H30N6O4/c1-3-33-18-7-5-17(6-8-18)27-9-4-10-28-19-20(24-22(27)28)25(2)23(31)29(21(19)30)12-11-26-13-15-32-16-14-26/h5-8H,3-4,9-16H2,1-2H3. The van der Waals surface area contributed by atoms with Crippen LogP contribution in [0.5, 0.6) is 5.75 Å². The summed E-state index contributed by atoms with van der Waals surface area (Å²) in [6, 6.07) is 7.88. The van der Waals surface area contributed by atoms with Gasteiger partial charge in [-0.1, -0.05) is 0 Å². The Hall–Kier alpha value is -3.11. The molecule has 2 aliphatic rings. The Morgan fingerprint density at radius 2 is 1.79 bits per heavy atom. The Bertz CT molecular complexity index is 1250. The Morgan fingerprint density at radius 3 is 2.52 bits per heavy atom. The molecule has 4 heterocycles. The minimum atomic E-state index is -0.330. The van der Waals surface area contributed by atoms with Gasteiger partial charge in [0.1, 0.15) is 5.75 Å². The van der Waals surface area contributed by atoms with Crippen LogP contribution in [0.2, 0.25) is 0 Å². The zero-order valence-electron chi connectivity index (χ0n) is 19.2. The SMILES string of the molecule is CCOc1ccc(N2CCCn3c2nc2c3c(=O)n(CCN3CCOCC3)c(=O)n2C)cc1. The third-order valence-corrected chi connectivity index (χ3v) is 6.42. The van der Waals surface area contributed by atoms with Gasteiger partial charge in [0.2, 0.25) is 5.95 Å². The van der Waals surface area contributed by atoms with E-state index in [1.165, 1.54) is 9.13 Å². The number of rotatable bonds is 6. The van der Waals surface area contributed by atoms with Crippen molar-refractivity contribution in [3.8, 4) is 5.75 Å². The zero-order valence-corrected chi connectivity index (χ0v) is 19.2. The van der Waals surface area contributed by atoms with Gasteiger partial charge in [0, 0.05) is 52.0 Å². The Balaban J connectivity index is 1.53. The first-order valence-electron chi connectivity index (χ1n) is 11.6. The highest BCUT2D eigenvalue weighted by atomic mass is 16.5. The molecule has 0 N–H and O–H groups in total. The quantitative estimate of drug-likeness (QED) is 0.553. The molecule has 0 unspecified atom stereocenters. The second-order valence-corrected chi connectivity index (χ2v) is 8.42. The van der Waals surface area contributed by atoms with Crippen molar-refractivity contribution in [1.82, 2.24) is 23.6 Å². The van der Waals surface area contributed by atoms with Crippen LogP contribution in [0.25, 0.3) is 11.2 Å². The van der Waals surface area contributed by atoms with Crippen LogP contribution in [-0.4, -0.2) is 69.6 Å². The maximum absolute atomic E-state index is 13.5. The lowest BCUT2D eigenvalue weighted by Crippen LogP contribution is -2.44. The van der Waals surface area contributed by atoms with E-state index in [0.717, 1.165) is 37.5 Å². The summed E-state index contributed by atoms with van der Waals surface area (Å²) in [4.78, 5) is 35.6. The van der Waals surface area contributed by atoms with E-state index in [-0.39, 0.29) is 11.2 Å². The zero-order chi connectivity index (χ0) is 22.9. The lowest BCUT2D eigenvalue weighted by molar-refractivity contribution is 0.0361. The topological polar surface area (TPSA) is 86.8 Å². The smallest absolute Gasteiger partial charge is 0.332 e. The number of aromatic nitrogens is 4. The number of anilines is 2. The normalized spacial score (nSPS) is 16.8. The van der Waals surface area contributed by atoms with Gasteiger partial charge in [-0.05, 0) is 37.6 Å². The van der Waals surface area contributed by atoms with Gasteiger partial charge >= 0.3 is 5.69 Å². The molecule has 0 aliphatic carbocycles. The highest BCUT2D eigenvalue weighted by molar-refractivity contribution is 5.77. The van der Waals surface area contributed by atoms with Crippen LogP contribution in [-0.2, 0) is 24.9 Å². The van der Waals surface area contributed by atoms with Gasteiger partial charge < -0.3 is 18.9 Å². The summed E-state index contributed by atoms with van der Waals surface area (Å²) >= 11 is 0. The van der Waals surface area contributed by atoms with Gasteiger partial charge in [-0.3, -0.25) is 18.8 Å². The van der Waals surface area contributed by atoms with Crippen molar-refractivity contribution >= 4 is 22.8 Å². The number of morpholine rings is 1. The van der Waals surface area contributed by atoms with Crippen LogP contribution >= 0.6 is 0 Å². The molecule has 33 heavy (non-hydrogen) atoms. The van der Waals surface area contributed by atoms with E-state index in [2.05, 4.69) is 9.80 Å². The average Bonchev–Trinajstić information content (AvgIpc) is 3.24. The largest absolute Gasteiger partial charge is 0.494 e. The molecule has 0 amide bonds. The van der Waals surface area contributed by atoms with Crippen LogP contribution < -0.4 is 20.9 Å². The molecular weight excluding hydrogens is 424 g/mol. The van der Waals surface area contributed by atoms with Crippen LogP contribution in [0.1, 0.15) is 13.3 Å². The molecule has 1 saturated heterocycles. The van der Waals surface area contributed by atoms with Crippen LogP contribution in [0.4, 0.5) is 11.6 Å². The van der Waals surface area contributed by atoms with Crippen molar-refractivity contribution < 1.29 is 9.47 Å².